The van der Waals surface area contributed by atoms with Gasteiger partial charge in [0, 0.05) is 0 Å². The molecule has 0 unspecified atom stereocenters. The maximum Gasteiger partial charge on any atom is 1.00 e. The van der Waals surface area contributed by atoms with E-state index in [9.17, 15) is 17.3 Å². The van der Waals surface area contributed by atoms with Crippen molar-refractivity contribution < 1.29 is 48.2 Å². The maximum atomic E-state index is 9.75. The summed E-state index contributed by atoms with van der Waals surface area (Å²) in [5.74, 6) is 0. The fraction of sp³-hybridized carbons (Fsp3) is 0. The molecule has 0 aromatic heterocycles. The van der Waals surface area contributed by atoms with Gasteiger partial charge in [-0.25, -0.2) is 0 Å². The van der Waals surface area contributed by atoms with Crippen molar-refractivity contribution in [3.8, 4) is 0 Å². The molecule has 0 aromatic rings. The van der Waals surface area contributed by atoms with Gasteiger partial charge in [-0.05, 0) is 0 Å². The predicted molar refractivity (Wildman–Crippen MR) is 11.3 cm³/mol. The second kappa shape index (κ2) is 2.88. The largest absolute Gasteiger partial charge is 1.00 e. The molecule has 0 aromatic carbocycles. The summed E-state index contributed by atoms with van der Waals surface area (Å²) in [6.07, 6.45) is 0. The summed E-state index contributed by atoms with van der Waals surface area (Å²) in [4.78, 5) is 0. The molecule has 0 N–H and O–H groups in total. The van der Waals surface area contributed by atoms with Crippen LogP contribution in [0.2, 0.25) is 0 Å². The van der Waals surface area contributed by atoms with E-state index in [-0.39, 0.29) is 31.0 Å². The molecule has 0 radical (unpaired) electrons. The van der Waals surface area contributed by atoms with Crippen LogP contribution in [0.4, 0.5) is 17.3 Å². The standard InChI is InChI=1S/BF4.Na.H/c2-1(3,4)5;;/q-1;+1;-1. The van der Waals surface area contributed by atoms with Gasteiger partial charge in [0.2, 0.25) is 0 Å². The van der Waals surface area contributed by atoms with Crippen LogP contribution in [0.1, 0.15) is 1.43 Å². The van der Waals surface area contributed by atoms with Crippen LogP contribution in [0.3, 0.4) is 0 Å². The Morgan fingerprint density at radius 3 is 1.00 bits per heavy atom. The summed E-state index contributed by atoms with van der Waals surface area (Å²) in [6, 6.07) is 0. The van der Waals surface area contributed by atoms with Crippen molar-refractivity contribution in [3.05, 3.63) is 0 Å². The summed E-state index contributed by atoms with van der Waals surface area (Å²) in [5, 5.41) is 0. The summed E-state index contributed by atoms with van der Waals surface area (Å²) in [5.41, 5.74) is 0. The predicted octanol–water partition coefficient (Wildman–Crippen LogP) is -1.58. The van der Waals surface area contributed by atoms with Gasteiger partial charge in [-0.15, -0.1) is 0 Å². The minimum absolute atomic E-state index is 0. The Labute approximate surface area is 55.8 Å². The normalized spacial score (nSPS) is 10.0. The summed E-state index contributed by atoms with van der Waals surface area (Å²) >= 11 is 0. The second-order valence-electron chi connectivity index (χ2n) is 0.495. The third-order valence-electron chi connectivity index (χ3n) is 0. The SMILES string of the molecule is F[B-](F)(F)F.[H-].[Na+]. The van der Waals surface area contributed by atoms with Gasteiger partial charge in [0.15, 0.2) is 0 Å². The van der Waals surface area contributed by atoms with E-state index in [1.807, 2.05) is 0 Å². The molecule has 0 saturated carbocycles. The average molecular weight is 111 g/mol. The van der Waals surface area contributed by atoms with E-state index in [0.29, 0.717) is 0 Å². The Hall–Kier alpha value is 0.785. The monoisotopic (exact) mass is 111 g/mol. The molecular weight excluding hydrogens is 110 g/mol. The van der Waals surface area contributed by atoms with Crippen molar-refractivity contribution in [3.63, 3.8) is 0 Å². The molecule has 34 valence electrons. The van der Waals surface area contributed by atoms with Gasteiger partial charge in [-0.2, -0.15) is 0 Å². The van der Waals surface area contributed by atoms with E-state index < -0.39 is 7.25 Å². The second-order valence-corrected chi connectivity index (χ2v) is 0.495. The van der Waals surface area contributed by atoms with Crippen molar-refractivity contribution in [1.82, 2.24) is 0 Å². The molecule has 0 aliphatic rings. The third-order valence-corrected chi connectivity index (χ3v) is 0. The van der Waals surface area contributed by atoms with Crippen molar-refractivity contribution in [2.75, 3.05) is 0 Å². The van der Waals surface area contributed by atoms with Crippen LogP contribution in [0.25, 0.3) is 0 Å². The number of halogens is 4. The molecule has 0 aliphatic carbocycles. The fourth-order valence-electron chi connectivity index (χ4n) is 0. The topological polar surface area (TPSA) is 0 Å². The molecule has 0 bridgehead atoms. The van der Waals surface area contributed by atoms with Crippen LogP contribution in [0.15, 0.2) is 0 Å². The van der Waals surface area contributed by atoms with Gasteiger partial charge < -0.3 is 18.7 Å². The average Bonchev–Trinajstić information content (AvgIpc) is 0.722. The number of rotatable bonds is 0. The Morgan fingerprint density at radius 2 is 1.00 bits per heavy atom. The van der Waals surface area contributed by atoms with Gasteiger partial charge >= 0.3 is 36.8 Å². The van der Waals surface area contributed by atoms with Gasteiger partial charge in [0.1, 0.15) is 0 Å². The minimum Gasteiger partial charge on any atom is -1.00 e. The van der Waals surface area contributed by atoms with E-state index in [2.05, 4.69) is 0 Å². The third kappa shape index (κ3) is 111. The van der Waals surface area contributed by atoms with Crippen LogP contribution in [-0.2, 0) is 0 Å². The Bertz CT molecular complexity index is 27.2. The van der Waals surface area contributed by atoms with E-state index in [1.165, 1.54) is 0 Å². The first-order chi connectivity index (χ1) is 2.00. The fourth-order valence-corrected chi connectivity index (χ4v) is 0. The quantitative estimate of drug-likeness (QED) is 0.261. The van der Waals surface area contributed by atoms with E-state index >= 15 is 0 Å². The summed E-state index contributed by atoms with van der Waals surface area (Å²) in [7, 11) is -6.00. The zero-order valence-electron chi connectivity index (χ0n) is 4.09. The molecule has 0 rings (SSSR count). The molecule has 0 aliphatic heterocycles. The van der Waals surface area contributed by atoms with E-state index in [1.54, 1.807) is 0 Å². The zero-order valence-corrected chi connectivity index (χ0v) is 5.09. The zero-order chi connectivity index (χ0) is 4.50. The smallest absolute Gasteiger partial charge is 1.00 e. The molecule has 0 saturated heterocycles. The van der Waals surface area contributed by atoms with Gasteiger partial charge in [0.05, 0.1) is 0 Å². The molecule has 0 fully saturated rings. The van der Waals surface area contributed by atoms with Crippen LogP contribution in [0, 0.1) is 0 Å². The van der Waals surface area contributed by atoms with Crippen molar-refractivity contribution in [1.29, 1.82) is 0 Å². The van der Waals surface area contributed by atoms with E-state index in [4.69, 9.17) is 0 Å². The number of hydrogen-bond acceptors (Lipinski definition) is 0. The Kier molecular flexibility index (Phi) is 4.76. The molecule has 0 heterocycles. The molecular formula is HBF4Na-. The van der Waals surface area contributed by atoms with E-state index in [0.717, 1.165) is 0 Å². The van der Waals surface area contributed by atoms with Crippen LogP contribution < -0.4 is 29.6 Å². The first kappa shape index (κ1) is 9.92. The number of hydrogen-bond donors (Lipinski definition) is 0. The first-order valence-corrected chi connectivity index (χ1v) is 0.873. The molecule has 6 heavy (non-hydrogen) atoms. The Morgan fingerprint density at radius 1 is 1.00 bits per heavy atom. The van der Waals surface area contributed by atoms with Gasteiger partial charge in [-0.3, -0.25) is 0 Å². The molecule has 6 heteroatoms. The first-order valence-electron chi connectivity index (χ1n) is 0.873. The minimum atomic E-state index is -6.00. The van der Waals surface area contributed by atoms with Crippen LogP contribution in [-0.4, -0.2) is 7.25 Å². The molecule has 0 spiro atoms. The van der Waals surface area contributed by atoms with Crippen molar-refractivity contribution in [2.45, 2.75) is 0 Å². The molecule has 0 atom stereocenters. The van der Waals surface area contributed by atoms with Gasteiger partial charge in [0.25, 0.3) is 0 Å². The maximum absolute atomic E-state index is 9.75. The van der Waals surface area contributed by atoms with Gasteiger partial charge in [-0.1, -0.05) is 0 Å². The van der Waals surface area contributed by atoms with Crippen LogP contribution >= 0.6 is 0 Å². The molecule has 0 nitrogen and oxygen atoms in total. The van der Waals surface area contributed by atoms with Crippen molar-refractivity contribution in [2.24, 2.45) is 0 Å². The molecule has 0 amide bonds. The summed E-state index contributed by atoms with van der Waals surface area (Å²) in [6.45, 7) is 0. The Balaban J connectivity index is -0.0000000800. The van der Waals surface area contributed by atoms with Crippen LogP contribution in [0.5, 0.6) is 0 Å². The summed E-state index contributed by atoms with van der Waals surface area (Å²) < 4.78 is 39.0. The van der Waals surface area contributed by atoms with Crippen molar-refractivity contribution >= 4 is 7.25 Å².